The predicted octanol–water partition coefficient (Wildman–Crippen LogP) is 4.33. The van der Waals surface area contributed by atoms with Crippen LogP contribution in [-0.4, -0.2) is 31.9 Å². The number of anilines is 1. The van der Waals surface area contributed by atoms with E-state index in [9.17, 15) is 18.3 Å². The van der Waals surface area contributed by atoms with Crippen molar-refractivity contribution in [3.8, 4) is 0 Å². The molecule has 6 heteroatoms. The van der Waals surface area contributed by atoms with Gasteiger partial charge in [-0.15, -0.1) is 0 Å². The number of rotatable bonds is 10. The highest BCUT2D eigenvalue weighted by Crippen LogP contribution is 2.20. The largest absolute Gasteiger partial charge is 0.465 e. The van der Waals surface area contributed by atoms with Crippen molar-refractivity contribution in [2.75, 3.05) is 17.2 Å². The van der Waals surface area contributed by atoms with Gasteiger partial charge in [-0.1, -0.05) is 46.0 Å². The van der Waals surface area contributed by atoms with Gasteiger partial charge in [0, 0.05) is 12.2 Å². The van der Waals surface area contributed by atoms with E-state index in [1.54, 1.807) is 19.1 Å². The lowest BCUT2D eigenvalue weighted by Crippen LogP contribution is -2.30. The molecule has 1 amide bonds. The number of carboxylic acid groups (broad SMARTS) is 1. The van der Waals surface area contributed by atoms with Crippen LogP contribution in [0.4, 0.5) is 10.5 Å². The van der Waals surface area contributed by atoms with Crippen LogP contribution in [0.3, 0.4) is 0 Å². The summed E-state index contributed by atoms with van der Waals surface area (Å²) >= 11 is 0. The molecule has 5 nitrogen and oxygen atoms in total. The van der Waals surface area contributed by atoms with Crippen LogP contribution in [0.2, 0.25) is 0 Å². The molecule has 0 radical (unpaired) electrons. The first-order valence-electron chi connectivity index (χ1n) is 8.25. The Morgan fingerprint density at radius 3 is 2.09 bits per heavy atom. The Balaban J connectivity index is 2.66. The molecule has 0 fully saturated rings. The molecule has 0 aliphatic rings. The van der Waals surface area contributed by atoms with Crippen molar-refractivity contribution >= 4 is 21.6 Å². The summed E-state index contributed by atoms with van der Waals surface area (Å²) in [6, 6.07) is 6.08. The second kappa shape index (κ2) is 9.55. The summed E-state index contributed by atoms with van der Waals surface area (Å²) in [5.74, 6) is 0.0345. The van der Waals surface area contributed by atoms with Gasteiger partial charge in [-0.3, -0.25) is 4.90 Å². The average molecular weight is 341 g/mol. The first-order chi connectivity index (χ1) is 10.9. The Hall–Kier alpha value is -1.56. The molecule has 0 atom stereocenters. The van der Waals surface area contributed by atoms with Crippen LogP contribution in [0.1, 0.15) is 52.4 Å². The molecule has 1 aromatic rings. The molecule has 0 saturated heterocycles. The molecule has 130 valence electrons. The summed E-state index contributed by atoms with van der Waals surface area (Å²) in [6.07, 6.45) is 5.52. The molecule has 0 bridgehead atoms. The van der Waals surface area contributed by atoms with Gasteiger partial charge in [-0.05, 0) is 30.7 Å². The zero-order valence-corrected chi connectivity index (χ0v) is 14.8. The number of benzene rings is 1. The molecular weight excluding hydrogens is 314 g/mol. The second-order valence-electron chi connectivity index (χ2n) is 5.60. The van der Waals surface area contributed by atoms with E-state index >= 15 is 0 Å². The number of unbranched alkanes of at least 4 members (excludes halogenated alkanes) is 5. The standard InChI is InChI=1S/C17H27NO4S/c1-3-5-6-7-8-9-14-18(17(19)20)15-10-12-16(13-11-15)23(21,22)4-2/h10-13H,3-9,14H2,1-2H3,(H,19,20). The second-order valence-corrected chi connectivity index (χ2v) is 7.88. The highest BCUT2D eigenvalue weighted by atomic mass is 32.2. The van der Waals surface area contributed by atoms with E-state index in [-0.39, 0.29) is 10.6 Å². The van der Waals surface area contributed by atoms with E-state index in [1.165, 1.54) is 36.3 Å². The number of carbonyl (C=O) groups is 1. The van der Waals surface area contributed by atoms with Crippen LogP contribution in [-0.2, 0) is 9.84 Å². The Morgan fingerprint density at radius 1 is 1.00 bits per heavy atom. The normalized spacial score (nSPS) is 11.4. The average Bonchev–Trinajstić information content (AvgIpc) is 2.54. The highest BCUT2D eigenvalue weighted by Gasteiger charge is 2.16. The fraction of sp³-hybridized carbons (Fsp3) is 0.588. The number of hydrogen-bond acceptors (Lipinski definition) is 3. The lowest BCUT2D eigenvalue weighted by Gasteiger charge is -2.19. The van der Waals surface area contributed by atoms with Crippen molar-refractivity contribution in [3.05, 3.63) is 24.3 Å². The van der Waals surface area contributed by atoms with Crippen molar-refractivity contribution in [1.29, 1.82) is 0 Å². The van der Waals surface area contributed by atoms with Crippen LogP contribution in [0.5, 0.6) is 0 Å². The van der Waals surface area contributed by atoms with Gasteiger partial charge in [0.15, 0.2) is 9.84 Å². The summed E-state index contributed by atoms with van der Waals surface area (Å²) < 4.78 is 23.6. The summed E-state index contributed by atoms with van der Waals surface area (Å²) in [4.78, 5) is 12.9. The van der Waals surface area contributed by atoms with E-state index in [4.69, 9.17) is 0 Å². The molecule has 23 heavy (non-hydrogen) atoms. The van der Waals surface area contributed by atoms with Crippen molar-refractivity contribution in [2.24, 2.45) is 0 Å². The predicted molar refractivity (Wildman–Crippen MR) is 92.9 cm³/mol. The van der Waals surface area contributed by atoms with Gasteiger partial charge in [-0.25, -0.2) is 13.2 Å². The fourth-order valence-corrected chi connectivity index (χ4v) is 3.27. The van der Waals surface area contributed by atoms with Gasteiger partial charge >= 0.3 is 6.09 Å². The maximum Gasteiger partial charge on any atom is 0.411 e. The number of hydrogen-bond donors (Lipinski definition) is 1. The van der Waals surface area contributed by atoms with Crippen LogP contribution in [0.15, 0.2) is 29.2 Å². The summed E-state index contributed by atoms with van der Waals surface area (Å²) in [7, 11) is -3.26. The molecule has 0 saturated carbocycles. The van der Waals surface area contributed by atoms with Crippen LogP contribution in [0, 0.1) is 0 Å². The zero-order valence-electron chi connectivity index (χ0n) is 14.0. The first-order valence-corrected chi connectivity index (χ1v) is 9.91. The Bertz CT molecular complexity index is 581. The zero-order chi connectivity index (χ0) is 17.3. The lowest BCUT2D eigenvalue weighted by atomic mass is 10.1. The molecule has 1 aromatic carbocycles. The molecular formula is C17H27NO4S. The monoisotopic (exact) mass is 341 g/mol. The highest BCUT2D eigenvalue weighted by molar-refractivity contribution is 7.91. The van der Waals surface area contributed by atoms with E-state index in [1.807, 2.05) is 0 Å². The smallest absolute Gasteiger partial charge is 0.411 e. The molecule has 0 aliphatic carbocycles. The van der Waals surface area contributed by atoms with Crippen LogP contribution in [0.25, 0.3) is 0 Å². The minimum absolute atomic E-state index is 0.0345. The van der Waals surface area contributed by atoms with Gasteiger partial charge in [0.1, 0.15) is 0 Å². The Labute approximate surface area is 139 Å². The minimum atomic E-state index is -3.26. The minimum Gasteiger partial charge on any atom is -0.465 e. The molecule has 1 rings (SSSR count). The lowest BCUT2D eigenvalue weighted by molar-refractivity contribution is 0.201. The quantitative estimate of drug-likeness (QED) is 0.643. The summed E-state index contributed by atoms with van der Waals surface area (Å²) in [5.41, 5.74) is 0.515. The van der Waals surface area contributed by atoms with E-state index < -0.39 is 15.9 Å². The van der Waals surface area contributed by atoms with Crippen LogP contribution >= 0.6 is 0 Å². The first kappa shape index (κ1) is 19.5. The number of amides is 1. The maximum absolute atomic E-state index is 11.8. The molecule has 0 heterocycles. The molecule has 0 unspecified atom stereocenters. The molecule has 0 aliphatic heterocycles. The number of nitrogens with zero attached hydrogens (tertiary/aromatic N) is 1. The van der Waals surface area contributed by atoms with Gasteiger partial charge in [0.05, 0.1) is 10.6 Å². The van der Waals surface area contributed by atoms with Crippen LogP contribution < -0.4 is 4.90 Å². The van der Waals surface area contributed by atoms with Gasteiger partial charge < -0.3 is 5.11 Å². The van der Waals surface area contributed by atoms with Gasteiger partial charge in [-0.2, -0.15) is 0 Å². The summed E-state index contributed by atoms with van der Waals surface area (Å²) in [6.45, 7) is 4.18. The topological polar surface area (TPSA) is 74.7 Å². The molecule has 1 N–H and O–H groups in total. The summed E-state index contributed by atoms with van der Waals surface area (Å²) in [5, 5.41) is 9.35. The van der Waals surface area contributed by atoms with Gasteiger partial charge in [0.25, 0.3) is 0 Å². The van der Waals surface area contributed by atoms with Crippen molar-refractivity contribution < 1.29 is 18.3 Å². The third kappa shape index (κ3) is 6.22. The third-order valence-corrected chi connectivity index (χ3v) is 5.60. The Kier molecular flexibility index (Phi) is 8.09. The van der Waals surface area contributed by atoms with Crippen molar-refractivity contribution in [1.82, 2.24) is 0 Å². The third-order valence-electron chi connectivity index (χ3n) is 3.85. The van der Waals surface area contributed by atoms with Crippen molar-refractivity contribution in [2.45, 2.75) is 57.3 Å². The SMILES string of the molecule is CCCCCCCCN(C(=O)O)c1ccc(S(=O)(=O)CC)cc1. The van der Waals surface area contributed by atoms with Crippen molar-refractivity contribution in [3.63, 3.8) is 0 Å². The molecule has 0 spiro atoms. The molecule has 0 aromatic heterocycles. The maximum atomic E-state index is 11.8. The number of sulfone groups is 1. The van der Waals surface area contributed by atoms with E-state index in [0.29, 0.717) is 12.2 Å². The van der Waals surface area contributed by atoms with Gasteiger partial charge in [0.2, 0.25) is 0 Å². The van der Waals surface area contributed by atoms with E-state index in [0.717, 1.165) is 19.3 Å². The Morgan fingerprint density at radius 2 is 1.57 bits per heavy atom. The fourth-order valence-electron chi connectivity index (χ4n) is 2.39. The van der Waals surface area contributed by atoms with E-state index in [2.05, 4.69) is 6.92 Å².